The average Bonchev–Trinajstić information content (AvgIpc) is 2.74. The molecule has 0 aliphatic heterocycles. The molecule has 7 nitrogen and oxygen atoms in total. The highest BCUT2D eigenvalue weighted by molar-refractivity contribution is 6.31. The number of aliphatic carboxylic acids is 1. The molecule has 0 heterocycles. The lowest BCUT2D eigenvalue weighted by Gasteiger charge is -2.15. The second-order valence-electron chi connectivity index (χ2n) is 6.42. The Morgan fingerprint density at radius 2 is 2.10 bits per heavy atom. The molecule has 0 spiro atoms. The van der Waals surface area contributed by atoms with Gasteiger partial charge in [0.1, 0.15) is 11.6 Å². The van der Waals surface area contributed by atoms with Crippen LogP contribution in [0.15, 0.2) is 48.6 Å². The van der Waals surface area contributed by atoms with Gasteiger partial charge in [-0.1, -0.05) is 23.7 Å². The molecule has 2 N–H and O–H groups in total. The Kier molecular flexibility index (Phi) is 8.24. The molecular formula is C23H21ClN2O5. The number of methoxy groups -OCH3 is 1. The van der Waals surface area contributed by atoms with Crippen molar-refractivity contribution in [2.75, 3.05) is 19.0 Å². The molecule has 0 saturated carbocycles. The minimum atomic E-state index is -1.13. The zero-order valence-corrected chi connectivity index (χ0v) is 17.8. The molecule has 0 aromatic heterocycles. The maximum absolute atomic E-state index is 12.6. The molecule has 0 unspecified atom stereocenters. The largest absolute Gasteiger partial charge is 0.493 e. The summed E-state index contributed by atoms with van der Waals surface area (Å²) in [5, 5.41) is 21.6. The number of hydrogen-bond acceptors (Lipinski definition) is 5. The molecular weight excluding hydrogens is 420 g/mol. The number of carbonyl (C=O) groups is 2. The van der Waals surface area contributed by atoms with Crippen molar-refractivity contribution in [1.82, 2.24) is 0 Å². The highest BCUT2D eigenvalue weighted by Gasteiger charge is 2.16. The predicted molar refractivity (Wildman–Crippen MR) is 118 cm³/mol. The maximum Gasteiger partial charge on any atom is 0.341 e. The van der Waals surface area contributed by atoms with E-state index in [1.165, 1.54) is 13.2 Å². The van der Waals surface area contributed by atoms with Crippen molar-refractivity contribution in [2.24, 2.45) is 0 Å². The number of benzene rings is 2. The second-order valence-corrected chi connectivity index (χ2v) is 6.83. The second kappa shape index (κ2) is 10.9. The van der Waals surface area contributed by atoms with Crippen molar-refractivity contribution in [3.63, 3.8) is 0 Å². The average molecular weight is 441 g/mol. The van der Waals surface area contributed by atoms with Gasteiger partial charge in [0.15, 0.2) is 18.1 Å². The summed E-state index contributed by atoms with van der Waals surface area (Å²) in [6, 6.07) is 10.2. The number of carboxylic acid groups (broad SMARTS) is 1. The van der Waals surface area contributed by atoms with Crippen molar-refractivity contribution in [1.29, 1.82) is 5.26 Å². The lowest BCUT2D eigenvalue weighted by Crippen LogP contribution is -2.14. The zero-order chi connectivity index (χ0) is 23.0. The van der Waals surface area contributed by atoms with E-state index in [1.54, 1.807) is 43.3 Å². The van der Waals surface area contributed by atoms with Crippen LogP contribution in [0.2, 0.25) is 5.02 Å². The van der Waals surface area contributed by atoms with Crippen molar-refractivity contribution in [3.05, 3.63) is 70.3 Å². The van der Waals surface area contributed by atoms with Crippen molar-refractivity contribution in [3.8, 4) is 17.6 Å². The minimum absolute atomic E-state index is 0.134. The molecule has 31 heavy (non-hydrogen) atoms. The van der Waals surface area contributed by atoms with Crippen LogP contribution in [0.4, 0.5) is 5.69 Å². The first kappa shape index (κ1) is 23.5. The van der Waals surface area contributed by atoms with Gasteiger partial charge in [-0.25, -0.2) is 4.79 Å². The summed E-state index contributed by atoms with van der Waals surface area (Å²) in [4.78, 5) is 23.5. The smallest absolute Gasteiger partial charge is 0.341 e. The number of nitriles is 1. The van der Waals surface area contributed by atoms with Crippen LogP contribution >= 0.6 is 11.6 Å². The summed E-state index contributed by atoms with van der Waals surface area (Å²) in [7, 11) is 1.41. The predicted octanol–water partition coefficient (Wildman–Crippen LogP) is 4.39. The van der Waals surface area contributed by atoms with Gasteiger partial charge < -0.3 is 19.9 Å². The van der Waals surface area contributed by atoms with E-state index in [0.717, 1.165) is 0 Å². The lowest BCUT2D eigenvalue weighted by molar-refractivity contribution is -0.139. The molecule has 160 valence electrons. The number of amides is 1. The maximum atomic E-state index is 12.6. The number of halogens is 1. The first-order valence-corrected chi connectivity index (χ1v) is 9.53. The van der Waals surface area contributed by atoms with Gasteiger partial charge in [-0.2, -0.15) is 5.26 Å². The number of nitrogens with one attached hydrogen (secondary N) is 1. The minimum Gasteiger partial charge on any atom is -0.493 e. The summed E-state index contributed by atoms with van der Waals surface area (Å²) in [5.41, 5.74) is 2.16. The van der Waals surface area contributed by atoms with Gasteiger partial charge in [-0.05, 0) is 54.8 Å². The van der Waals surface area contributed by atoms with Crippen LogP contribution in [0.25, 0.3) is 6.08 Å². The topological polar surface area (TPSA) is 109 Å². The fourth-order valence-electron chi connectivity index (χ4n) is 2.77. The van der Waals surface area contributed by atoms with Gasteiger partial charge in [0.2, 0.25) is 0 Å². The molecule has 0 aliphatic carbocycles. The molecule has 8 heteroatoms. The third-order valence-electron chi connectivity index (χ3n) is 4.27. The Morgan fingerprint density at radius 3 is 2.71 bits per heavy atom. The Morgan fingerprint density at radius 1 is 1.35 bits per heavy atom. The molecule has 1 amide bonds. The van der Waals surface area contributed by atoms with E-state index in [2.05, 4.69) is 11.9 Å². The van der Waals surface area contributed by atoms with Crippen molar-refractivity contribution >= 4 is 35.2 Å². The number of anilines is 1. The third-order valence-corrected chi connectivity index (χ3v) is 4.68. The first-order valence-electron chi connectivity index (χ1n) is 9.15. The van der Waals surface area contributed by atoms with E-state index in [9.17, 15) is 14.9 Å². The molecule has 0 saturated heterocycles. The zero-order valence-electron chi connectivity index (χ0n) is 17.1. The van der Waals surface area contributed by atoms with Gasteiger partial charge >= 0.3 is 5.97 Å². The Labute approximate surface area is 185 Å². The van der Waals surface area contributed by atoms with E-state index >= 15 is 0 Å². The molecule has 0 radical (unpaired) electrons. The van der Waals surface area contributed by atoms with E-state index in [0.29, 0.717) is 33.8 Å². The fourth-order valence-corrected chi connectivity index (χ4v) is 2.95. The molecule has 0 bridgehead atoms. The normalized spacial score (nSPS) is 10.7. The molecule has 2 aromatic rings. The Bertz CT molecular complexity index is 1090. The Hall–Kier alpha value is -3.76. The summed E-state index contributed by atoms with van der Waals surface area (Å²) in [6.07, 6.45) is 3.39. The van der Waals surface area contributed by atoms with Crippen LogP contribution in [0.5, 0.6) is 11.5 Å². The van der Waals surface area contributed by atoms with Crippen LogP contribution in [-0.2, 0) is 16.0 Å². The first-order chi connectivity index (χ1) is 14.8. The quantitative estimate of drug-likeness (QED) is 0.340. The van der Waals surface area contributed by atoms with Crippen LogP contribution in [0.1, 0.15) is 16.7 Å². The van der Waals surface area contributed by atoms with Gasteiger partial charge in [-0.3, -0.25) is 4.79 Å². The third kappa shape index (κ3) is 6.11. The van der Waals surface area contributed by atoms with Crippen molar-refractivity contribution in [2.45, 2.75) is 13.3 Å². The molecule has 2 rings (SSSR count). The van der Waals surface area contributed by atoms with Crippen LogP contribution in [-0.4, -0.2) is 30.7 Å². The van der Waals surface area contributed by atoms with Gasteiger partial charge in [0, 0.05) is 16.3 Å². The van der Waals surface area contributed by atoms with E-state index in [-0.39, 0.29) is 17.1 Å². The van der Waals surface area contributed by atoms with E-state index < -0.39 is 18.5 Å². The van der Waals surface area contributed by atoms with Gasteiger partial charge in [0.05, 0.1) is 7.11 Å². The summed E-state index contributed by atoms with van der Waals surface area (Å²) in [6.45, 7) is 4.91. The van der Waals surface area contributed by atoms with Crippen LogP contribution in [0, 0.1) is 18.3 Å². The van der Waals surface area contributed by atoms with Gasteiger partial charge in [-0.15, -0.1) is 6.58 Å². The monoisotopic (exact) mass is 440 g/mol. The lowest BCUT2D eigenvalue weighted by atomic mass is 10.0. The number of nitrogens with zero attached hydrogens (tertiary/aromatic N) is 1. The SMILES string of the molecule is C=CCc1cc(/C=C(\C#N)C(=O)Nc2cccc(Cl)c2C)cc(OC)c1OCC(=O)O. The summed E-state index contributed by atoms with van der Waals surface area (Å²) in [5.74, 6) is -1.19. The fraction of sp³-hybridized carbons (Fsp3) is 0.174. The van der Waals surface area contributed by atoms with E-state index in [1.807, 2.05) is 6.07 Å². The standard InChI is InChI=1S/C23H21ClN2O5/c1-4-6-16-9-15(11-20(30-3)22(16)31-13-21(27)28)10-17(12-25)23(29)26-19-8-5-7-18(24)14(19)2/h4-5,7-11H,1,6,13H2,2-3H3,(H,26,29)(H,27,28)/b17-10+. The Balaban J connectivity index is 2.42. The van der Waals surface area contributed by atoms with Crippen molar-refractivity contribution < 1.29 is 24.2 Å². The number of carbonyl (C=O) groups excluding carboxylic acids is 1. The van der Waals surface area contributed by atoms with Crippen LogP contribution in [0.3, 0.4) is 0 Å². The van der Waals surface area contributed by atoms with Gasteiger partial charge in [0.25, 0.3) is 5.91 Å². The molecule has 0 aliphatic rings. The number of hydrogen-bond donors (Lipinski definition) is 2. The summed E-state index contributed by atoms with van der Waals surface area (Å²) < 4.78 is 10.7. The van der Waals surface area contributed by atoms with Crippen LogP contribution < -0.4 is 14.8 Å². The summed E-state index contributed by atoms with van der Waals surface area (Å²) >= 11 is 6.08. The molecule has 2 aromatic carbocycles. The highest BCUT2D eigenvalue weighted by Crippen LogP contribution is 2.34. The molecule has 0 fully saturated rings. The highest BCUT2D eigenvalue weighted by atomic mass is 35.5. The molecule has 0 atom stereocenters. The number of ether oxygens (including phenoxy) is 2. The number of carboxylic acids is 1. The van der Waals surface area contributed by atoms with E-state index in [4.69, 9.17) is 26.2 Å². The number of allylic oxidation sites excluding steroid dienone is 1. The number of rotatable bonds is 9.